The van der Waals surface area contributed by atoms with E-state index in [4.69, 9.17) is 10.00 Å². The third-order valence-corrected chi connectivity index (χ3v) is 2.13. The van der Waals surface area contributed by atoms with Crippen LogP contribution in [-0.2, 0) is 19.1 Å². The van der Waals surface area contributed by atoms with Gasteiger partial charge in [-0.1, -0.05) is 36.9 Å². The first-order chi connectivity index (χ1) is 9.13. The Hall–Kier alpha value is -2.87. The fourth-order valence-corrected chi connectivity index (χ4v) is 1.28. The molecule has 0 aromatic heterocycles. The van der Waals surface area contributed by atoms with Crippen molar-refractivity contribution in [1.82, 2.24) is 0 Å². The molecule has 0 bridgehead atoms. The summed E-state index contributed by atoms with van der Waals surface area (Å²) in [6, 6.07) is 10.00. The summed E-state index contributed by atoms with van der Waals surface area (Å²) in [6.45, 7) is 3.26. The molecular weight excluding hydrogens is 246 g/mol. The lowest BCUT2D eigenvalue weighted by atomic mass is 10.1. The van der Waals surface area contributed by atoms with Crippen LogP contribution in [0.25, 0.3) is 5.76 Å². The molecule has 5 nitrogen and oxygen atoms in total. The second-order valence-electron chi connectivity index (χ2n) is 3.30. The third-order valence-electron chi connectivity index (χ3n) is 2.13. The topological polar surface area (TPSA) is 76.4 Å². The highest BCUT2D eigenvalue weighted by Gasteiger charge is 2.20. The van der Waals surface area contributed by atoms with Crippen LogP contribution < -0.4 is 0 Å². The molecule has 0 N–H and O–H groups in total. The molecule has 0 aliphatic rings. The average Bonchev–Trinajstić information content (AvgIpc) is 2.47. The number of hydrogen-bond acceptors (Lipinski definition) is 5. The molecule has 5 heteroatoms. The van der Waals surface area contributed by atoms with Crippen LogP contribution in [0.1, 0.15) is 5.56 Å². The first-order valence-corrected chi connectivity index (χ1v) is 5.26. The average molecular weight is 257 g/mol. The Morgan fingerprint density at radius 1 is 1.32 bits per heavy atom. The van der Waals surface area contributed by atoms with Gasteiger partial charge >= 0.3 is 11.9 Å². The molecule has 1 aromatic rings. The number of carbonyl (C=O) groups excluding carboxylic acids is 2. The van der Waals surface area contributed by atoms with Gasteiger partial charge in [0, 0.05) is 11.6 Å². The predicted octanol–water partition coefficient (Wildman–Crippen LogP) is 1.82. The second-order valence-corrected chi connectivity index (χ2v) is 3.30. The Kier molecular flexibility index (Phi) is 5.05. The maximum atomic E-state index is 11.5. The number of rotatable bonds is 4. The SMILES string of the molecule is C=CC(=O)OC(=C(C#N)C(=O)OC)c1ccccc1. The standard InChI is InChI=1S/C14H11NO4/c1-3-12(16)19-13(10-7-5-4-6-8-10)11(9-15)14(17)18-2/h3-8H,1H2,2H3. The van der Waals surface area contributed by atoms with E-state index in [0.717, 1.165) is 13.2 Å². The van der Waals surface area contributed by atoms with Crippen LogP contribution in [0.5, 0.6) is 0 Å². The Morgan fingerprint density at radius 2 is 1.95 bits per heavy atom. The van der Waals surface area contributed by atoms with Crippen molar-refractivity contribution in [2.75, 3.05) is 7.11 Å². The largest absolute Gasteiger partial charge is 0.465 e. The van der Waals surface area contributed by atoms with Gasteiger partial charge in [0.25, 0.3) is 0 Å². The third kappa shape index (κ3) is 3.54. The number of hydrogen-bond donors (Lipinski definition) is 0. The van der Waals surface area contributed by atoms with Gasteiger partial charge in [-0.3, -0.25) is 0 Å². The summed E-state index contributed by atoms with van der Waals surface area (Å²) >= 11 is 0. The van der Waals surface area contributed by atoms with Gasteiger partial charge in [0.05, 0.1) is 7.11 Å². The summed E-state index contributed by atoms with van der Waals surface area (Å²) in [5.74, 6) is -1.80. The molecule has 0 aliphatic carbocycles. The normalized spacial score (nSPS) is 10.7. The van der Waals surface area contributed by atoms with Gasteiger partial charge in [-0.05, 0) is 0 Å². The van der Waals surface area contributed by atoms with E-state index in [2.05, 4.69) is 11.3 Å². The molecule has 0 atom stereocenters. The Labute approximate surface area is 110 Å². The highest BCUT2D eigenvalue weighted by Crippen LogP contribution is 2.21. The molecule has 0 saturated heterocycles. The molecule has 0 unspecified atom stereocenters. The van der Waals surface area contributed by atoms with Crippen molar-refractivity contribution in [3.63, 3.8) is 0 Å². The van der Waals surface area contributed by atoms with Crippen LogP contribution in [0.2, 0.25) is 0 Å². The Balaban J connectivity index is 3.38. The van der Waals surface area contributed by atoms with E-state index in [-0.39, 0.29) is 11.3 Å². The van der Waals surface area contributed by atoms with Crippen molar-refractivity contribution in [1.29, 1.82) is 5.26 Å². The molecular formula is C14H11NO4. The summed E-state index contributed by atoms with van der Waals surface area (Å²) in [4.78, 5) is 22.8. The first-order valence-electron chi connectivity index (χ1n) is 5.26. The minimum Gasteiger partial charge on any atom is -0.465 e. The highest BCUT2D eigenvalue weighted by molar-refractivity contribution is 6.02. The van der Waals surface area contributed by atoms with E-state index in [0.29, 0.717) is 5.56 Å². The zero-order chi connectivity index (χ0) is 14.3. The van der Waals surface area contributed by atoms with Crippen molar-refractivity contribution in [3.05, 3.63) is 54.1 Å². The number of esters is 2. The number of nitriles is 1. The minimum atomic E-state index is -0.877. The summed E-state index contributed by atoms with van der Waals surface area (Å²) in [7, 11) is 1.14. The van der Waals surface area contributed by atoms with Gasteiger partial charge in [-0.2, -0.15) is 5.26 Å². The molecule has 0 radical (unpaired) electrons. The quantitative estimate of drug-likeness (QED) is 0.356. The molecule has 1 rings (SSSR count). The van der Waals surface area contributed by atoms with Gasteiger partial charge in [0.2, 0.25) is 0 Å². The van der Waals surface area contributed by atoms with Crippen LogP contribution >= 0.6 is 0 Å². The zero-order valence-electron chi connectivity index (χ0n) is 10.3. The van der Waals surface area contributed by atoms with E-state index >= 15 is 0 Å². The van der Waals surface area contributed by atoms with E-state index < -0.39 is 11.9 Å². The van der Waals surface area contributed by atoms with Gasteiger partial charge in [-0.15, -0.1) is 0 Å². The van der Waals surface area contributed by atoms with E-state index in [1.165, 1.54) is 0 Å². The van der Waals surface area contributed by atoms with Crippen LogP contribution in [0.15, 0.2) is 48.6 Å². The van der Waals surface area contributed by atoms with Gasteiger partial charge in [-0.25, -0.2) is 9.59 Å². The van der Waals surface area contributed by atoms with Gasteiger partial charge in [0.1, 0.15) is 6.07 Å². The van der Waals surface area contributed by atoms with Gasteiger partial charge < -0.3 is 9.47 Å². The van der Waals surface area contributed by atoms with Crippen molar-refractivity contribution in [2.24, 2.45) is 0 Å². The lowest BCUT2D eigenvalue weighted by molar-refractivity contribution is -0.135. The van der Waals surface area contributed by atoms with Crippen LogP contribution in [0.3, 0.4) is 0 Å². The molecule has 1 aromatic carbocycles. The van der Waals surface area contributed by atoms with E-state index in [9.17, 15) is 9.59 Å². The first kappa shape index (κ1) is 14.2. The van der Waals surface area contributed by atoms with Crippen molar-refractivity contribution in [3.8, 4) is 6.07 Å². The molecule has 19 heavy (non-hydrogen) atoms. The molecule has 0 aliphatic heterocycles. The van der Waals surface area contributed by atoms with Crippen molar-refractivity contribution in [2.45, 2.75) is 0 Å². The maximum Gasteiger partial charge on any atom is 0.352 e. The van der Waals surface area contributed by atoms with Crippen LogP contribution in [0, 0.1) is 11.3 Å². The van der Waals surface area contributed by atoms with Crippen LogP contribution in [-0.4, -0.2) is 19.0 Å². The summed E-state index contributed by atoms with van der Waals surface area (Å²) in [5.41, 5.74) is 0.0311. The van der Waals surface area contributed by atoms with E-state index in [1.54, 1.807) is 36.4 Å². The van der Waals surface area contributed by atoms with Crippen molar-refractivity contribution >= 4 is 17.7 Å². The van der Waals surface area contributed by atoms with Crippen LogP contribution in [0.4, 0.5) is 0 Å². The van der Waals surface area contributed by atoms with E-state index in [1.807, 2.05) is 0 Å². The number of ether oxygens (including phenoxy) is 2. The molecule has 0 saturated carbocycles. The number of methoxy groups -OCH3 is 1. The number of nitrogens with zero attached hydrogens (tertiary/aromatic N) is 1. The summed E-state index contributed by atoms with van der Waals surface area (Å²) < 4.78 is 9.45. The summed E-state index contributed by atoms with van der Waals surface area (Å²) in [6.07, 6.45) is 0.940. The highest BCUT2D eigenvalue weighted by atomic mass is 16.5. The smallest absolute Gasteiger partial charge is 0.352 e. The lowest BCUT2D eigenvalue weighted by Crippen LogP contribution is -2.10. The minimum absolute atomic E-state index is 0.153. The summed E-state index contributed by atoms with van der Waals surface area (Å²) in [5, 5.41) is 9.02. The fourth-order valence-electron chi connectivity index (χ4n) is 1.28. The Morgan fingerprint density at radius 3 is 2.42 bits per heavy atom. The Bertz CT molecular complexity index is 567. The lowest BCUT2D eigenvalue weighted by Gasteiger charge is -2.09. The molecule has 96 valence electrons. The number of carbonyl (C=O) groups is 2. The molecule has 0 fully saturated rings. The fraction of sp³-hybridized carbons (Fsp3) is 0.0714. The monoisotopic (exact) mass is 257 g/mol. The second kappa shape index (κ2) is 6.77. The van der Waals surface area contributed by atoms with Gasteiger partial charge in [0.15, 0.2) is 11.3 Å². The molecule has 0 amide bonds. The number of benzene rings is 1. The zero-order valence-corrected chi connectivity index (χ0v) is 10.3. The molecule has 0 heterocycles. The maximum absolute atomic E-state index is 11.5. The van der Waals surface area contributed by atoms with Crippen molar-refractivity contribution < 1.29 is 19.1 Å². The molecule has 0 spiro atoms. The predicted molar refractivity (Wildman–Crippen MR) is 67.3 cm³/mol.